The van der Waals surface area contributed by atoms with Gasteiger partial charge in [0, 0.05) is 12.8 Å². The van der Waals surface area contributed by atoms with Gasteiger partial charge in [-0.2, -0.15) is 5.10 Å². The molecule has 0 fully saturated rings. The summed E-state index contributed by atoms with van der Waals surface area (Å²) in [7, 11) is 0. The second kappa shape index (κ2) is 14.6. The highest BCUT2D eigenvalue weighted by Gasteiger charge is 2.29. The quantitative estimate of drug-likeness (QED) is 0.159. The first kappa shape index (κ1) is 22.0. The molecule has 136 valence electrons. The minimum absolute atomic E-state index is 0.217. The third-order valence-electron chi connectivity index (χ3n) is 4.07. The molecule has 23 heavy (non-hydrogen) atoms. The SMILES string of the molecule is CCCCCCCCCCCCN=CC(=NN)C(N)(CO)CO. The molecule has 0 aromatic rings. The molecular formula is C17H36N4O2. The minimum atomic E-state index is -1.32. The van der Waals surface area contributed by atoms with E-state index >= 15 is 0 Å². The van der Waals surface area contributed by atoms with Crippen molar-refractivity contribution in [2.24, 2.45) is 21.7 Å². The van der Waals surface area contributed by atoms with E-state index in [2.05, 4.69) is 17.0 Å². The maximum Gasteiger partial charge on any atom is 0.108 e. The van der Waals surface area contributed by atoms with E-state index in [0.29, 0.717) is 6.54 Å². The Hall–Kier alpha value is -0.980. The van der Waals surface area contributed by atoms with E-state index < -0.39 is 18.8 Å². The van der Waals surface area contributed by atoms with E-state index in [1.54, 1.807) is 0 Å². The maximum atomic E-state index is 9.19. The van der Waals surface area contributed by atoms with Gasteiger partial charge < -0.3 is 21.8 Å². The summed E-state index contributed by atoms with van der Waals surface area (Å²) in [6.07, 6.45) is 14.3. The Balaban J connectivity index is 3.67. The van der Waals surface area contributed by atoms with Gasteiger partial charge in [0.15, 0.2) is 0 Å². The fourth-order valence-corrected chi connectivity index (χ4v) is 2.34. The molecule has 0 aliphatic carbocycles. The predicted octanol–water partition coefficient (Wildman–Crippen LogP) is 1.97. The Morgan fingerprint density at radius 1 is 0.913 bits per heavy atom. The summed E-state index contributed by atoms with van der Waals surface area (Å²) < 4.78 is 0. The van der Waals surface area contributed by atoms with Crippen LogP contribution in [0.4, 0.5) is 0 Å². The van der Waals surface area contributed by atoms with Crippen LogP contribution in [0.2, 0.25) is 0 Å². The minimum Gasteiger partial charge on any atom is -0.394 e. The van der Waals surface area contributed by atoms with Gasteiger partial charge in [-0.25, -0.2) is 0 Å². The van der Waals surface area contributed by atoms with Gasteiger partial charge in [0.1, 0.15) is 11.3 Å². The standard InChI is InChI=1S/C17H36N4O2/c1-2-3-4-5-6-7-8-9-10-11-12-20-13-16(21-19)17(18,14-22)15-23/h13,22-23H,2-12,14-15,18-19H2,1H3. The van der Waals surface area contributed by atoms with Crippen molar-refractivity contribution in [2.45, 2.75) is 76.7 Å². The largest absolute Gasteiger partial charge is 0.394 e. The topological polar surface area (TPSA) is 117 Å². The molecule has 0 saturated carbocycles. The average Bonchev–Trinajstić information content (AvgIpc) is 2.58. The Labute approximate surface area is 141 Å². The molecule has 0 amide bonds. The lowest BCUT2D eigenvalue weighted by Gasteiger charge is -2.23. The van der Waals surface area contributed by atoms with Gasteiger partial charge >= 0.3 is 0 Å². The van der Waals surface area contributed by atoms with E-state index in [1.807, 2.05) is 0 Å². The number of rotatable bonds is 15. The number of aliphatic imine (C=N–C) groups is 1. The van der Waals surface area contributed by atoms with Crippen LogP contribution < -0.4 is 11.6 Å². The number of nitrogens with zero attached hydrogens (tertiary/aromatic N) is 2. The van der Waals surface area contributed by atoms with Gasteiger partial charge in [0.2, 0.25) is 0 Å². The molecule has 0 heterocycles. The van der Waals surface area contributed by atoms with Crippen molar-refractivity contribution in [3.8, 4) is 0 Å². The molecule has 0 aliphatic heterocycles. The number of hydrogen-bond acceptors (Lipinski definition) is 6. The number of aliphatic hydroxyl groups excluding tert-OH is 2. The highest BCUT2D eigenvalue weighted by molar-refractivity contribution is 6.34. The monoisotopic (exact) mass is 328 g/mol. The maximum absolute atomic E-state index is 9.19. The molecule has 0 bridgehead atoms. The predicted molar refractivity (Wildman–Crippen MR) is 97.9 cm³/mol. The van der Waals surface area contributed by atoms with Gasteiger partial charge in [-0.3, -0.25) is 4.99 Å². The van der Waals surface area contributed by atoms with Gasteiger partial charge in [-0.1, -0.05) is 64.7 Å². The van der Waals surface area contributed by atoms with Crippen LogP contribution in [0.5, 0.6) is 0 Å². The zero-order valence-electron chi connectivity index (χ0n) is 14.7. The van der Waals surface area contributed by atoms with Crippen molar-refractivity contribution in [1.29, 1.82) is 0 Å². The van der Waals surface area contributed by atoms with E-state index in [1.165, 1.54) is 57.6 Å². The molecule has 0 atom stereocenters. The van der Waals surface area contributed by atoms with Crippen molar-refractivity contribution < 1.29 is 10.2 Å². The second-order valence-corrected chi connectivity index (χ2v) is 6.20. The fraction of sp³-hybridized carbons (Fsp3) is 0.882. The Morgan fingerprint density at radius 3 is 1.83 bits per heavy atom. The first-order valence-electron chi connectivity index (χ1n) is 8.93. The zero-order chi connectivity index (χ0) is 17.4. The summed E-state index contributed by atoms with van der Waals surface area (Å²) >= 11 is 0. The summed E-state index contributed by atoms with van der Waals surface area (Å²) in [6.45, 7) is 2.07. The van der Waals surface area contributed by atoms with Crippen molar-refractivity contribution in [3.63, 3.8) is 0 Å². The second-order valence-electron chi connectivity index (χ2n) is 6.20. The lowest BCUT2D eigenvalue weighted by Crippen LogP contribution is -2.55. The molecule has 6 heteroatoms. The number of hydrogen-bond donors (Lipinski definition) is 4. The molecule has 0 spiro atoms. The Morgan fingerprint density at radius 2 is 1.39 bits per heavy atom. The smallest absolute Gasteiger partial charge is 0.108 e. The molecule has 6 nitrogen and oxygen atoms in total. The van der Waals surface area contributed by atoms with Crippen LogP contribution in [-0.2, 0) is 0 Å². The van der Waals surface area contributed by atoms with Gasteiger partial charge in [0.25, 0.3) is 0 Å². The van der Waals surface area contributed by atoms with E-state index in [4.69, 9.17) is 11.6 Å². The van der Waals surface area contributed by atoms with Crippen molar-refractivity contribution in [1.82, 2.24) is 0 Å². The number of aliphatic hydroxyl groups is 2. The summed E-state index contributed by atoms with van der Waals surface area (Å²) in [4.78, 5) is 4.23. The average molecular weight is 329 g/mol. The van der Waals surface area contributed by atoms with Crippen LogP contribution in [0.1, 0.15) is 71.1 Å². The first-order chi connectivity index (χ1) is 11.1. The van der Waals surface area contributed by atoms with Crippen LogP contribution in [0.15, 0.2) is 10.1 Å². The van der Waals surface area contributed by atoms with Crippen LogP contribution >= 0.6 is 0 Å². The number of hydrazone groups is 1. The van der Waals surface area contributed by atoms with Gasteiger partial charge in [-0.05, 0) is 6.42 Å². The van der Waals surface area contributed by atoms with Gasteiger partial charge in [0.05, 0.1) is 13.2 Å². The van der Waals surface area contributed by atoms with E-state index in [9.17, 15) is 10.2 Å². The van der Waals surface area contributed by atoms with Gasteiger partial charge in [-0.15, -0.1) is 0 Å². The number of unbranched alkanes of at least 4 members (excludes halogenated alkanes) is 9. The van der Waals surface area contributed by atoms with E-state index in [-0.39, 0.29) is 5.71 Å². The van der Waals surface area contributed by atoms with Crippen molar-refractivity contribution in [2.75, 3.05) is 19.8 Å². The van der Waals surface area contributed by atoms with Crippen molar-refractivity contribution >= 4 is 11.9 Å². The fourth-order valence-electron chi connectivity index (χ4n) is 2.34. The summed E-state index contributed by atoms with van der Waals surface area (Å²) in [5.41, 5.74) is 4.68. The molecule has 0 radical (unpaired) electrons. The van der Waals surface area contributed by atoms with E-state index in [0.717, 1.165) is 12.8 Å². The normalized spacial score (nSPS) is 13.1. The zero-order valence-corrected chi connectivity index (χ0v) is 14.7. The van der Waals surface area contributed by atoms with Crippen LogP contribution in [0.3, 0.4) is 0 Å². The number of nitrogens with two attached hydrogens (primary N) is 2. The summed E-state index contributed by atoms with van der Waals surface area (Å²) in [5, 5.41) is 21.9. The molecular weight excluding hydrogens is 292 g/mol. The van der Waals surface area contributed by atoms with Crippen molar-refractivity contribution in [3.05, 3.63) is 0 Å². The lowest BCUT2D eigenvalue weighted by atomic mass is 9.97. The highest BCUT2D eigenvalue weighted by Crippen LogP contribution is 2.10. The Kier molecular flexibility index (Phi) is 14.0. The Bertz CT molecular complexity index is 329. The third kappa shape index (κ3) is 10.4. The molecule has 0 rings (SSSR count). The molecule has 0 unspecified atom stereocenters. The molecule has 6 N–H and O–H groups in total. The van der Waals surface area contributed by atoms with Crippen LogP contribution in [0.25, 0.3) is 0 Å². The summed E-state index contributed by atoms with van der Waals surface area (Å²) in [6, 6.07) is 0. The molecule has 0 aromatic heterocycles. The molecule has 0 aromatic carbocycles. The highest BCUT2D eigenvalue weighted by atomic mass is 16.3. The summed E-state index contributed by atoms with van der Waals surface area (Å²) in [5.74, 6) is 5.24. The molecule has 0 saturated heterocycles. The van der Waals surface area contributed by atoms with Crippen LogP contribution in [-0.4, -0.2) is 47.4 Å². The first-order valence-corrected chi connectivity index (χ1v) is 8.93. The molecule has 0 aliphatic rings. The lowest BCUT2D eigenvalue weighted by molar-refractivity contribution is 0.164. The van der Waals surface area contributed by atoms with Crippen LogP contribution in [0, 0.1) is 0 Å². The third-order valence-corrected chi connectivity index (χ3v) is 4.07.